The molecule has 1 saturated heterocycles. The third-order valence-electron chi connectivity index (χ3n) is 3.96. The molecule has 3 N–H and O–H groups in total. The third kappa shape index (κ3) is 4.65. The number of piperidine rings is 1. The normalized spacial score (nSPS) is 21.2. The number of alkyl carbamates (subject to hydrolysis) is 1. The number of nitrogens with two attached hydrogens (primary N) is 1. The van der Waals surface area contributed by atoms with Crippen molar-refractivity contribution in [3.63, 3.8) is 0 Å². The highest BCUT2D eigenvalue weighted by Gasteiger charge is 2.29. The molecule has 1 aromatic carbocycles. The van der Waals surface area contributed by atoms with Crippen molar-refractivity contribution in [2.75, 3.05) is 13.1 Å². The number of primary amides is 1. The third-order valence-corrected chi connectivity index (χ3v) is 3.96. The maximum Gasteiger partial charge on any atom is 0.407 e. The van der Waals surface area contributed by atoms with E-state index in [0.717, 1.165) is 18.4 Å². The van der Waals surface area contributed by atoms with Crippen LogP contribution in [-0.4, -0.2) is 36.2 Å². The molecule has 1 aliphatic heterocycles. The molecule has 0 bridgehead atoms. The maximum absolute atomic E-state index is 11.9. The smallest absolute Gasteiger partial charge is 0.407 e. The Labute approximate surface area is 130 Å². The molecular weight excluding hydrogens is 282 g/mol. The van der Waals surface area contributed by atoms with Crippen LogP contribution in [0.1, 0.15) is 25.3 Å². The van der Waals surface area contributed by atoms with Crippen LogP contribution >= 0.6 is 0 Å². The molecule has 3 amide bonds. The summed E-state index contributed by atoms with van der Waals surface area (Å²) >= 11 is 0. The van der Waals surface area contributed by atoms with Crippen molar-refractivity contribution in [3.8, 4) is 0 Å². The predicted octanol–water partition coefficient (Wildman–Crippen LogP) is 2.09. The van der Waals surface area contributed by atoms with Crippen LogP contribution in [-0.2, 0) is 11.3 Å². The minimum Gasteiger partial charge on any atom is -0.445 e. The topological polar surface area (TPSA) is 84.7 Å². The summed E-state index contributed by atoms with van der Waals surface area (Å²) in [5, 5.41) is 2.83. The van der Waals surface area contributed by atoms with E-state index in [4.69, 9.17) is 10.5 Å². The molecule has 1 aromatic rings. The van der Waals surface area contributed by atoms with Gasteiger partial charge in [-0.25, -0.2) is 9.59 Å². The number of nitrogens with one attached hydrogen (secondary N) is 1. The van der Waals surface area contributed by atoms with Gasteiger partial charge in [-0.05, 0) is 17.9 Å². The van der Waals surface area contributed by atoms with Crippen LogP contribution in [0.15, 0.2) is 30.3 Å². The van der Waals surface area contributed by atoms with E-state index in [1.165, 1.54) is 0 Å². The Kier molecular flexibility index (Phi) is 5.63. The van der Waals surface area contributed by atoms with E-state index in [9.17, 15) is 9.59 Å². The molecule has 6 heteroatoms. The number of carbonyl (C=O) groups is 2. The molecule has 0 radical (unpaired) electrons. The van der Waals surface area contributed by atoms with Crippen molar-refractivity contribution >= 4 is 12.1 Å². The largest absolute Gasteiger partial charge is 0.445 e. The van der Waals surface area contributed by atoms with Crippen molar-refractivity contribution in [3.05, 3.63) is 35.9 Å². The number of carbonyl (C=O) groups excluding carboxylic acids is 2. The van der Waals surface area contributed by atoms with Gasteiger partial charge in [0.25, 0.3) is 0 Å². The van der Waals surface area contributed by atoms with Crippen molar-refractivity contribution in [1.29, 1.82) is 0 Å². The minimum atomic E-state index is -0.463. The average molecular weight is 305 g/mol. The second-order valence-electron chi connectivity index (χ2n) is 5.66. The summed E-state index contributed by atoms with van der Waals surface area (Å²) in [4.78, 5) is 24.8. The van der Waals surface area contributed by atoms with Gasteiger partial charge in [-0.1, -0.05) is 43.7 Å². The maximum atomic E-state index is 11.9. The molecule has 2 rings (SSSR count). The monoisotopic (exact) mass is 305 g/mol. The van der Waals surface area contributed by atoms with Crippen molar-refractivity contribution in [2.24, 2.45) is 11.7 Å². The number of hydrogen-bond donors (Lipinski definition) is 2. The fourth-order valence-electron chi connectivity index (χ4n) is 2.72. The highest BCUT2D eigenvalue weighted by atomic mass is 16.5. The van der Waals surface area contributed by atoms with E-state index in [-0.39, 0.29) is 12.6 Å². The van der Waals surface area contributed by atoms with Crippen LogP contribution in [0.4, 0.5) is 9.59 Å². The van der Waals surface area contributed by atoms with Crippen molar-refractivity contribution in [1.82, 2.24) is 10.2 Å². The molecule has 120 valence electrons. The van der Waals surface area contributed by atoms with E-state index < -0.39 is 12.1 Å². The quantitative estimate of drug-likeness (QED) is 0.893. The number of nitrogens with zero attached hydrogens (tertiary/aromatic N) is 1. The van der Waals surface area contributed by atoms with Crippen LogP contribution in [0.25, 0.3) is 0 Å². The van der Waals surface area contributed by atoms with Gasteiger partial charge in [0, 0.05) is 13.1 Å². The van der Waals surface area contributed by atoms with E-state index in [2.05, 4.69) is 12.2 Å². The second-order valence-corrected chi connectivity index (χ2v) is 5.66. The number of amides is 3. The minimum absolute atomic E-state index is 0.116. The van der Waals surface area contributed by atoms with Gasteiger partial charge in [0.2, 0.25) is 0 Å². The average Bonchev–Trinajstić information content (AvgIpc) is 2.53. The molecule has 6 nitrogen and oxygen atoms in total. The molecule has 1 aliphatic rings. The summed E-state index contributed by atoms with van der Waals surface area (Å²) in [6.45, 7) is 3.39. The number of ether oxygens (including phenoxy) is 1. The molecule has 22 heavy (non-hydrogen) atoms. The Bertz CT molecular complexity index is 507. The number of hydrogen-bond acceptors (Lipinski definition) is 3. The van der Waals surface area contributed by atoms with E-state index in [0.29, 0.717) is 19.0 Å². The Hall–Kier alpha value is -2.24. The molecule has 0 aromatic heterocycles. The number of likely N-dealkylation sites (tertiary alicyclic amines) is 1. The Morgan fingerprint density at radius 3 is 2.68 bits per heavy atom. The van der Waals surface area contributed by atoms with E-state index >= 15 is 0 Å². The fourth-order valence-corrected chi connectivity index (χ4v) is 2.72. The summed E-state index contributed by atoms with van der Waals surface area (Å²) in [6.07, 6.45) is 1.32. The summed E-state index contributed by atoms with van der Waals surface area (Å²) in [7, 11) is 0. The molecular formula is C16H23N3O3. The van der Waals surface area contributed by atoms with Gasteiger partial charge in [-0.3, -0.25) is 0 Å². The summed E-state index contributed by atoms with van der Waals surface area (Å²) in [5.74, 6) is 0.348. The van der Waals surface area contributed by atoms with Gasteiger partial charge in [-0.15, -0.1) is 0 Å². The van der Waals surface area contributed by atoms with Crippen LogP contribution in [0.2, 0.25) is 0 Å². The Morgan fingerprint density at radius 2 is 2.05 bits per heavy atom. The van der Waals surface area contributed by atoms with Crippen molar-refractivity contribution < 1.29 is 14.3 Å². The summed E-state index contributed by atoms with van der Waals surface area (Å²) < 4.78 is 5.21. The lowest BCUT2D eigenvalue weighted by Gasteiger charge is -2.36. The van der Waals surface area contributed by atoms with Gasteiger partial charge < -0.3 is 20.7 Å². The first-order valence-corrected chi connectivity index (χ1v) is 7.60. The zero-order valence-corrected chi connectivity index (χ0v) is 12.8. The first kappa shape index (κ1) is 16.1. The van der Waals surface area contributed by atoms with Gasteiger partial charge in [-0.2, -0.15) is 0 Å². The molecule has 1 fully saturated rings. The molecule has 0 spiro atoms. The lowest BCUT2D eigenvalue weighted by Crippen LogP contribution is -2.53. The summed E-state index contributed by atoms with van der Waals surface area (Å²) in [5.41, 5.74) is 6.29. The van der Waals surface area contributed by atoms with Gasteiger partial charge in [0.05, 0.1) is 6.04 Å². The first-order chi connectivity index (χ1) is 10.6. The lowest BCUT2D eigenvalue weighted by atomic mass is 9.92. The highest BCUT2D eigenvalue weighted by molar-refractivity contribution is 5.72. The Morgan fingerprint density at radius 1 is 1.32 bits per heavy atom. The fraction of sp³-hybridized carbons (Fsp3) is 0.500. The standard InChI is InChI=1S/C16H23N3O3/c1-2-12-8-14(10-19(9-12)15(17)20)18-16(21)22-11-13-6-4-3-5-7-13/h3-7,12,14H,2,8-11H2,1H3,(H2,17,20)(H,18,21). The SMILES string of the molecule is CCC1CC(NC(=O)OCc2ccccc2)CN(C(N)=O)C1. The number of rotatable bonds is 4. The van der Waals surface area contributed by atoms with Crippen LogP contribution in [0.5, 0.6) is 0 Å². The van der Waals surface area contributed by atoms with Crippen LogP contribution in [0, 0.1) is 5.92 Å². The van der Waals surface area contributed by atoms with Gasteiger partial charge >= 0.3 is 12.1 Å². The van der Waals surface area contributed by atoms with Gasteiger partial charge in [0.1, 0.15) is 6.61 Å². The number of benzene rings is 1. The summed E-state index contributed by atoms with van der Waals surface area (Å²) in [6, 6.07) is 8.94. The highest BCUT2D eigenvalue weighted by Crippen LogP contribution is 2.19. The predicted molar refractivity (Wildman–Crippen MR) is 83.1 cm³/mol. The zero-order chi connectivity index (χ0) is 15.9. The van der Waals surface area contributed by atoms with E-state index in [1.807, 2.05) is 30.3 Å². The molecule has 2 atom stereocenters. The molecule has 0 aliphatic carbocycles. The molecule has 1 heterocycles. The van der Waals surface area contributed by atoms with Crippen LogP contribution < -0.4 is 11.1 Å². The Balaban J connectivity index is 1.83. The van der Waals surface area contributed by atoms with Crippen molar-refractivity contribution in [2.45, 2.75) is 32.4 Å². The molecule has 0 saturated carbocycles. The van der Waals surface area contributed by atoms with Gasteiger partial charge in [0.15, 0.2) is 0 Å². The van der Waals surface area contributed by atoms with Crippen LogP contribution in [0.3, 0.4) is 0 Å². The second kappa shape index (κ2) is 7.68. The lowest BCUT2D eigenvalue weighted by molar-refractivity contribution is 0.117. The first-order valence-electron chi connectivity index (χ1n) is 7.60. The molecule has 2 unspecified atom stereocenters. The van der Waals surface area contributed by atoms with E-state index in [1.54, 1.807) is 4.90 Å². The number of urea groups is 1. The zero-order valence-electron chi connectivity index (χ0n) is 12.8.